The van der Waals surface area contributed by atoms with E-state index in [-0.39, 0.29) is 29.8 Å². The van der Waals surface area contributed by atoms with E-state index in [0.717, 1.165) is 11.3 Å². The molecule has 0 unspecified atom stereocenters. The summed E-state index contributed by atoms with van der Waals surface area (Å²) in [6.45, 7) is 0. The Kier molecular flexibility index (Phi) is 4.70. The number of anilines is 1. The van der Waals surface area contributed by atoms with Crippen LogP contribution >= 0.6 is 22.9 Å². The summed E-state index contributed by atoms with van der Waals surface area (Å²) in [5.41, 5.74) is 1.69. The number of nitrogens with one attached hydrogen (secondary N) is 1. The Morgan fingerprint density at radius 3 is 2.74 bits per heavy atom. The van der Waals surface area contributed by atoms with Crippen LogP contribution in [0.4, 0.5) is 5.13 Å². The monoisotopic (exact) mass is 370 g/mol. The van der Waals surface area contributed by atoms with Gasteiger partial charge in [-0.3, -0.25) is 4.79 Å². The Morgan fingerprint density at radius 1 is 1.35 bits per heavy atom. The lowest BCUT2D eigenvalue weighted by Gasteiger charge is -2.06. The SMILES string of the molecule is O=C(C[C@H]1CCS(=O)(=O)C1)Nc1nc(-c2ccc(Cl)cc2)cs1. The lowest BCUT2D eigenvalue weighted by atomic mass is 10.1. The maximum atomic E-state index is 12.0. The van der Waals surface area contributed by atoms with Crippen molar-refractivity contribution >= 4 is 43.8 Å². The van der Waals surface area contributed by atoms with Gasteiger partial charge in [-0.25, -0.2) is 13.4 Å². The molecule has 23 heavy (non-hydrogen) atoms. The van der Waals surface area contributed by atoms with E-state index >= 15 is 0 Å². The lowest BCUT2D eigenvalue weighted by molar-refractivity contribution is -0.116. The number of sulfone groups is 1. The first-order valence-corrected chi connectivity index (χ1v) is 10.2. The van der Waals surface area contributed by atoms with Crippen molar-refractivity contribution < 1.29 is 13.2 Å². The van der Waals surface area contributed by atoms with Crippen molar-refractivity contribution in [2.45, 2.75) is 12.8 Å². The lowest BCUT2D eigenvalue weighted by Crippen LogP contribution is -2.17. The molecule has 0 saturated carbocycles. The Morgan fingerprint density at radius 2 is 2.09 bits per heavy atom. The first-order valence-electron chi connectivity index (χ1n) is 7.13. The van der Waals surface area contributed by atoms with Crippen molar-refractivity contribution in [2.75, 3.05) is 16.8 Å². The number of aromatic nitrogens is 1. The molecule has 1 atom stereocenters. The molecule has 0 radical (unpaired) electrons. The van der Waals surface area contributed by atoms with Crippen LogP contribution in [-0.2, 0) is 14.6 Å². The number of rotatable bonds is 4. The van der Waals surface area contributed by atoms with Crippen LogP contribution in [0.2, 0.25) is 5.02 Å². The molecule has 1 aromatic heterocycles. The molecule has 8 heteroatoms. The number of hydrogen-bond acceptors (Lipinski definition) is 5. The molecule has 1 aliphatic rings. The predicted octanol–water partition coefficient (Wildman–Crippen LogP) is 3.23. The van der Waals surface area contributed by atoms with Gasteiger partial charge >= 0.3 is 0 Å². The Hall–Kier alpha value is -1.44. The standard InChI is InChI=1S/C15H15ClN2O3S2/c16-12-3-1-11(2-4-12)13-8-22-15(17-13)18-14(19)7-10-5-6-23(20,21)9-10/h1-4,8,10H,5-7,9H2,(H,17,18,19)/t10-/m1/s1. The predicted molar refractivity (Wildman–Crippen MR) is 92.6 cm³/mol. The summed E-state index contributed by atoms with van der Waals surface area (Å²) in [6, 6.07) is 7.31. The molecule has 1 aromatic carbocycles. The number of nitrogens with zero attached hydrogens (tertiary/aromatic N) is 1. The minimum Gasteiger partial charge on any atom is -0.302 e. The smallest absolute Gasteiger partial charge is 0.226 e. The van der Waals surface area contributed by atoms with Crippen LogP contribution < -0.4 is 5.32 Å². The van der Waals surface area contributed by atoms with Crippen LogP contribution in [-0.4, -0.2) is 30.8 Å². The molecule has 1 aliphatic heterocycles. The highest BCUT2D eigenvalue weighted by Gasteiger charge is 2.29. The summed E-state index contributed by atoms with van der Waals surface area (Å²) in [7, 11) is -2.95. The molecular weight excluding hydrogens is 356 g/mol. The summed E-state index contributed by atoms with van der Waals surface area (Å²) in [5.74, 6) is 0.0110. The number of carbonyl (C=O) groups is 1. The van der Waals surface area contributed by atoms with Crippen LogP contribution in [0, 0.1) is 5.92 Å². The molecule has 1 N–H and O–H groups in total. The molecule has 2 heterocycles. The molecule has 0 aliphatic carbocycles. The van der Waals surface area contributed by atoms with E-state index in [1.807, 2.05) is 17.5 Å². The fourth-order valence-corrected chi connectivity index (χ4v) is 5.27. The average Bonchev–Trinajstić information content (AvgIpc) is 3.06. The van der Waals surface area contributed by atoms with Crippen molar-refractivity contribution in [2.24, 2.45) is 5.92 Å². The van der Waals surface area contributed by atoms with Gasteiger partial charge in [0, 0.05) is 22.4 Å². The second-order valence-corrected chi connectivity index (χ2v) is 9.09. The Balaban J connectivity index is 1.60. The molecule has 1 saturated heterocycles. The number of halogens is 1. The van der Waals surface area contributed by atoms with Crippen LogP contribution in [0.25, 0.3) is 11.3 Å². The molecule has 3 rings (SSSR count). The van der Waals surface area contributed by atoms with Gasteiger partial charge in [-0.15, -0.1) is 11.3 Å². The van der Waals surface area contributed by atoms with E-state index in [1.54, 1.807) is 12.1 Å². The molecule has 0 bridgehead atoms. The van der Waals surface area contributed by atoms with Gasteiger partial charge < -0.3 is 5.32 Å². The highest BCUT2D eigenvalue weighted by atomic mass is 35.5. The molecule has 0 spiro atoms. The van der Waals surface area contributed by atoms with Crippen molar-refractivity contribution in [1.82, 2.24) is 4.98 Å². The van der Waals surface area contributed by atoms with Gasteiger partial charge in [0.1, 0.15) is 0 Å². The maximum absolute atomic E-state index is 12.0. The minimum atomic E-state index is -2.95. The topological polar surface area (TPSA) is 76.1 Å². The molecule has 122 valence electrons. The number of carbonyl (C=O) groups excluding carboxylic acids is 1. The zero-order valence-corrected chi connectivity index (χ0v) is 14.5. The Bertz CT molecular complexity index is 816. The zero-order chi connectivity index (χ0) is 16.4. The minimum absolute atomic E-state index is 0.0873. The van der Waals surface area contributed by atoms with Crippen LogP contribution in [0.15, 0.2) is 29.6 Å². The normalized spacial score (nSPS) is 19.6. The molecule has 1 fully saturated rings. The van der Waals surface area contributed by atoms with Gasteiger partial charge in [-0.2, -0.15) is 0 Å². The largest absolute Gasteiger partial charge is 0.302 e. The molecule has 1 amide bonds. The third-order valence-corrected chi connectivity index (χ3v) is 6.54. The van der Waals surface area contributed by atoms with Gasteiger partial charge in [0.25, 0.3) is 0 Å². The summed E-state index contributed by atoms with van der Waals surface area (Å²) < 4.78 is 22.8. The third kappa shape index (κ3) is 4.31. The quantitative estimate of drug-likeness (QED) is 0.896. The van der Waals surface area contributed by atoms with Gasteiger partial charge in [0.15, 0.2) is 15.0 Å². The van der Waals surface area contributed by atoms with E-state index < -0.39 is 9.84 Å². The van der Waals surface area contributed by atoms with E-state index in [2.05, 4.69) is 10.3 Å². The second-order valence-electron chi connectivity index (χ2n) is 5.57. The van der Waals surface area contributed by atoms with Gasteiger partial charge in [-0.1, -0.05) is 23.7 Å². The second kappa shape index (κ2) is 6.59. The summed E-state index contributed by atoms with van der Waals surface area (Å²) >= 11 is 7.20. The highest BCUT2D eigenvalue weighted by molar-refractivity contribution is 7.91. The van der Waals surface area contributed by atoms with E-state index in [9.17, 15) is 13.2 Å². The Labute approximate surface area is 143 Å². The highest BCUT2D eigenvalue weighted by Crippen LogP contribution is 2.27. The van der Waals surface area contributed by atoms with Gasteiger partial charge in [0.2, 0.25) is 5.91 Å². The number of hydrogen-bond donors (Lipinski definition) is 1. The van der Waals surface area contributed by atoms with E-state index in [4.69, 9.17) is 11.6 Å². The first-order chi connectivity index (χ1) is 10.9. The average molecular weight is 371 g/mol. The summed E-state index contributed by atoms with van der Waals surface area (Å²) in [4.78, 5) is 16.4. The third-order valence-electron chi connectivity index (χ3n) is 3.69. The molecular formula is C15H15ClN2O3S2. The van der Waals surface area contributed by atoms with E-state index in [1.165, 1.54) is 11.3 Å². The summed E-state index contributed by atoms with van der Waals surface area (Å²) in [5, 5.41) is 5.78. The fraction of sp³-hybridized carbons (Fsp3) is 0.333. The maximum Gasteiger partial charge on any atom is 0.226 e. The van der Waals surface area contributed by atoms with Gasteiger partial charge in [-0.05, 0) is 24.5 Å². The van der Waals surface area contributed by atoms with Crippen LogP contribution in [0.1, 0.15) is 12.8 Å². The molecule has 2 aromatic rings. The summed E-state index contributed by atoms with van der Waals surface area (Å²) in [6.07, 6.45) is 0.777. The van der Waals surface area contributed by atoms with Gasteiger partial charge in [0.05, 0.1) is 17.2 Å². The van der Waals surface area contributed by atoms with E-state index in [0.29, 0.717) is 16.6 Å². The first kappa shape index (κ1) is 16.4. The fourth-order valence-electron chi connectivity index (χ4n) is 2.55. The van der Waals surface area contributed by atoms with Crippen LogP contribution in [0.3, 0.4) is 0 Å². The van der Waals surface area contributed by atoms with Crippen molar-refractivity contribution in [3.63, 3.8) is 0 Å². The zero-order valence-electron chi connectivity index (χ0n) is 12.2. The van der Waals surface area contributed by atoms with Crippen molar-refractivity contribution in [1.29, 1.82) is 0 Å². The number of thiazole rings is 1. The molecule has 5 nitrogen and oxygen atoms in total. The van der Waals surface area contributed by atoms with Crippen LogP contribution in [0.5, 0.6) is 0 Å². The number of amides is 1. The number of benzene rings is 1. The van der Waals surface area contributed by atoms with Crippen molar-refractivity contribution in [3.8, 4) is 11.3 Å². The van der Waals surface area contributed by atoms with Crippen molar-refractivity contribution in [3.05, 3.63) is 34.7 Å².